The van der Waals surface area contributed by atoms with Crippen molar-refractivity contribution in [1.82, 2.24) is 0 Å². The highest BCUT2D eigenvalue weighted by atomic mass is 35.5. The van der Waals surface area contributed by atoms with Gasteiger partial charge >= 0.3 is 5.97 Å². The molecule has 0 heterocycles. The third-order valence-corrected chi connectivity index (χ3v) is 4.12. The molecule has 0 aliphatic rings. The quantitative estimate of drug-likeness (QED) is 0.354. The Balaban J connectivity index is 2.03. The zero-order chi connectivity index (χ0) is 18.4. The van der Waals surface area contributed by atoms with Crippen molar-refractivity contribution in [2.24, 2.45) is 0 Å². The predicted molar refractivity (Wildman–Crippen MR) is 95.2 cm³/mol. The summed E-state index contributed by atoms with van der Waals surface area (Å²) in [6.45, 7) is -0.578. The van der Waals surface area contributed by atoms with E-state index in [4.69, 9.17) is 16.3 Å². The number of halogens is 1. The highest BCUT2D eigenvalue weighted by Crippen LogP contribution is 2.27. The summed E-state index contributed by atoms with van der Waals surface area (Å²) in [5.41, 5.74) is -0.0311. The summed E-state index contributed by atoms with van der Waals surface area (Å²) in [5, 5.41) is 13.5. The monoisotopic (exact) mass is 380 g/mol. The number of rotatable bonds is 6. The van der Waals surface area contributed by atoms with Crippen LogP contribution in [0.5, 0.6) is 0 Å². The molecule has 1 amide bonds. The summed E-state index contributed by atoms with van der Waals surface area (Å²) in [6.07, 6.45) is 1.82. The minimum absolute atomic E-state index is 0.0666. The first-order valence-corrected chi connectivity index (χ1v) is 8.56. The fourth-order valence-corrected chi connectivity index (χ4v) is 2.73. The number of nitrogens with one attached hydrogen (secondary N) is 1. The lowest BCUT2D eigenvalue weighted by atomic mass is 10.2. The molecule has 7 nitrogen and oxygen atoms in total. The number of hydrogen-bond acceptors (Lipinski definition) is 6. The number of carbonyl (C=O) groups is 2. The van der Waals surface area contributed by atoms with Crippen molar-refractivity contribution in [2.45, 2.75) is 4.90 Å². The molecular weight excluding hydrogens is 368 g/mol. The van der Waals surface area contributed by atoms with Gasteiger partial charge in [-0.2, -0.15) is 0 Å². The van der Waals surface area contributed by atoms with Crippen LogP contribution in [0.1, 0.15) is 10.4 Å². The Hall–Kier alpha value is -2.58. The standard InChI is InChI=1S/C16H13ClN2O5S/c1-25-14-5-3-2-4-11(14)16(21)24-9-15(20)18-12-8-10(17)6-7-13(12)19(22)23/h2-8H,9H2,1H3,(H,18,20). The molecule has 2 aromatic carbocycles. The van der Waals surface area contributed by atoms with Crippen LogP contribution in [0.4, 0.5) is 11.4 Å². The molecule has 2 aromatic rings. The van der Waals surface area contributed by atoms with Crippen LogP contribution >= 0.6 is 23.4 Å². The van der Waals surface area contributed by atoms with Crippen molar-refractivity contribution in [2.75, 3.05) is 18.2 Å². The number of nitro groups is 1. The molecule has 0 fully saturated rings. The second kappa shape index (κ2) is 8.50. The van der Waals surface area contributed by atoms with Crippen LogP contribution < -0.4 is 5.32 Å². The molecule has 0 aromatic heterocycles. The number of nitro benzene ring substituents is 1. The van der Waals surface area contributed by atoms with E-state index in [2.05, 4.69) is 5.32 Å². The third kappa shape index (κ3) is 4.94. The Morgan fingerprint density at radius 2 is 2.00 bits per heavy atom. The molecule has 0 bridgehead atoms. The van der Waals surface area contributed by atoms with Crippen LogP contribution in [0.25, 0.3) is 0 Å². The Labute approximate surface area is 152 Å². The Morgan fingerprint density at radius 3 is 2.68 bits per heavy atom. The van der Waals surface area contributed by atoms with Gasteiger partial charge in [0.2, 0.25) is 0 Å². The van der Waals surface area contributed by atoms with E-state index in [0.29, 0.717) is 5.56 Å². The maximum atomic E-state index is 12.1. The number of benzene rings is 2. The van der Waals surface area contributed by atoms with Crippen molar-refractivity contribution in [1.29, 1.82) is 0 Å². The number of nitrogens with zero attached hydrogens (tertiary/aromatic N) is 1. The van der Waals surface area contributed by atoms with Gasteiger partial charge in [-0.1, -0.05) is 23.7 Å². The predicted octanol–water partition coefficient (Wildman–Crippen LogP) is 3.77. The van der Waals surface area contributed by atoms with Gasteiger partial charge in [-0.15, -0.1) is 11.8 Å². The van der Waals surface area contributed by atoms with E-state index in [0.717, 1.165) is 4.90 Å². The van der Waals surface area contributed by atoms with Gasteiger partial charge in [-0.25, -0.2) is 4.79 Å². The van der Waals surface area contributed by atoms with E-state index >= 15 is 0 Å². The average molecular weight is 381 g/mol. The minimum atomic E-state index is -0.708. The zero-order valence-corrected chi connectivity index (χ0v) is 14.6. The number of ether oxygens (including phenoxy) is 1. The van der Waals surface area contributed by atoms with Gasteiger partial charge in [0, 0.05) is 16.0 Å². The summed E-state index contributed by atoms with van der Waals surface area (Å²) in [7, 11) is 0. The molecule has 0 aliphatic heterocycles. The first-order chi connectivity index (χ1) is 11.9. The van der Waals surface area contributed by atoms with Gasteiger partial charge in [-0.05, 0) is 30.5 Å². The summed E-state index contributed by atoms with van der Waals surface area (Å²) in [6, 6.07) is 10.6. The number of hydrogen-bond donors (Lipinski definition) is 1. The number of esters is 1. The normalized spacial score (nSPS) is 10.2. The fraction of sp³-hybridized carbons (Fsp3) is 0.125. The molecule has 1 N–H and O–H groups in total. The van der Waals surface area contributed by atoms with Gasteiger partial charge in [0.15, 0.2) is 6.61 Å². The number of anilines is 1. The molecule has 9 heteroatoms. The SMILES string of the molecule is CSc1ccccc1C(=O)OCC(=O)Nc1cc(Cl)ccc1[N+](=O)[O-]. The second-order valence-corrected chi connectivity index (χ2v) is 6.03. The molecule has 2 rings (SSSR count). The van der Waals surface area contributed by atoms with Crippen LogP contribution in [0, 0.1) is 10.1 Å². The zero-order valence-electron chi connectivity index (χ0n) is 13.0. The van der Waals surface area contributed by atoms with E-state index < -0.39 is 23.4 Å². The van der Waals surface area contributed by atoms with Crippen LogP contribution in [0.3, 0.4) is 0 Å². The van der Waals surface area contributed by atoms with Gasteiger partial charge in [0.1, 0.15) is 5.69 Å². The van der Waals surface area contributed by atoms with Crippen molar-refractivity contribution in [3.05, 3.63) is 63.2 Å². The summed E-state index contributed by atoms with van der Waals surface area (Å²) < 4.78 is 4.97. The third-order valence-electron chi connectivity index (χ3n) is 3.09. The molecule has 0 atom stereocenters. The topological polar surface area (TPSA) is 98.5 Å². The Kier molecular flexibility index (Phi) is 6.37. The van der Waals surface area contributed by atoms with Crippen LogP contribution in [0.2, 0.25) is 5.02 Å². The molecule has 0 spiro atoms. The van der Waals surface area contributed by atoms with Gasteiger partial charge < -0.3 is 10.1 Å². The molecule has 0 saturated carbocycles. The Morgan fingerprint density at radius 1 is 1.28 bits per heavy atom. The van der Waals surface area contributed by atoms with Gasteiger partial charge in [0.05, 0.1) is 10.5 Å². The summed E-state index contributed by atoms with van der Waals surface area (Å²) in [5.74, 6) is -1.36. The van der Waals surface area contributed by atoms with Gasteiger partial charge in [-0.3, -0.25) is 14.9 Å². The van der Waals surface area contributed by atoms with E-state index in [1.54, 1.807) is 24.3 Å². The molecule has 25 heavy (non-hydrogen) atoms. The van der Waals surface area contributed by atoms with Gasteiger partial charge in [0.25, 0.3) is 11.6 Å². The molecule has 0 saturated heterocycles. The largest absolute Gasteiger partial charge is 0.452 e. The van der Waals surface area contributed by atoms with Crippen LogP contribution in [-0.2, 0) is 9.53 Å². The Bertz CT molecular complexity index is 828. The average Bonchev–Trinajstić information content (AvgIpc) is 2.59. The van der Waals surface area contributed by atoms with Crippen LogP contribution in [-0.4, -0.2) is 29.7 Å². The number of amides is 1. The van der Waals surface area contributed by atoms with E-state index in [-0.39, 0.29) is 16.4 Å². The van der Waals surface area contributed by atoms with E-state index in [1.165, 1.54) is 30.0 Å². The maximum absolute atomic E-state index is 12.1. The summed E-state index contributed by atoms with van der Waals surface area (Å²) in [4.78, 5) is 35.0. The first kappa shape index (κ1) is 18.8. The van der Waals surface area contributed by atoms with Crippen molar-refractivity contribution >= 4 is 46.6 Å². The lowest BCUT2D eigenvalue weighted by Gasteiger charge is -2.09. The first-order valence-electron chi connectivity index (χ1n) is 6.96. The number of carbonyl (C=O) groups excluding carboxylic acids is 2. The van der Waals surface area contributed by atoms with E-state index in [9.17, 15) is 19.7 Å². The highest BCUT2D eigenvalue weighted by Gasteiger charge is 2.18. The van der Waals surface area contributed by atoms with Crippen molar-refractivity contribution in [3.63, 3.8) is 0 Å². The molecular formula is C16H13ClN2O5S. The van der Waals surface area contributed by atoms with Crippen LogP contribution in [0.15, 0.2) is 47.4 Å². The van der Waals surface area contributed by atoms with E-state index in [1.807, 2.05) is 6.26 Å². The summed E-state index contributed by atoms with van der Waals surface area (Å²) >= 11 is 7.16. The second-order valence-electron chi connectivity index (χ2n) is 4.74. The lowest BCUT2D eigenvalue weighted by molar-refractivity contribution is -0.383. The molecule has 0 unspecified atom stereocenters. The number of thioether (sulfide) groups is 1. The van der Waals surface area contributed by atoms with Crippen molar-refractivity contribution < 1.29 is 19.2 Å². The molecule has 0 radical (unpaired) electrons. The molecule has 0 aliphatic carbocycles. The lowest BCUT2D eigenvalue weighted by Crippen LogP contribution is -2.21. The fourth-order valence-electron chi connectivity index (χ4n) is 1.98. The van der Waals surface area contributed by atoms with Crippen molar-refractivity contribution in [3.8, 4) is 0 Å². The smallest absolute Gasteiger partial charge is 0.339 e. The molecule has 130 valence electrons. The minimum Gasteiger partial charge on any atom is -0.452 e. The maximum Gasteiger partial charge on any atom is 0.339 e. The highest BCUT2D eigenvalue weighted by molar-refractivity contribution is 7.98.